The molecule has 0 spiro atoms. The monoisotopic (exact) mass is 270 g/mol. The van der Waals surface area contributed by atoms with E-state index in [1.54, 1.807) is 60.7 Å². The number of carbonyl (C=O) groups excluding carboxylic acids is 2. The Morgan fingerprint density at radius 1 is 0.950 bits per heavy atom. The highest BCUT2D eigenvalue weighted by Crippen LogP contribution is 2.13. The third-order valence-corrected chi connectivity index (χ3v) is 2.78. The zero-order chi connectivity index (χ0) is 14.4. The molecule has 0 radical (unpaired) electrons. The number of benzene rings is 2. The van der Waals surface area contributed by atoms with E-state index < -0.39 is 12.1 Å². The summed E-state index contributed by atoms with van der Waals surface area (Å²) >= 11 is 0. The van der Waals surface area contributed by atoms with Crippen LogP contribution in [0.5, 0.6) is 0 Å². The van der Waals surface area contributed by atoms with E-state index >= 15 is 0 Å². The van der Waals surface area contributed by atoms with Crippen molar-refractivity contribution in [1.29, 1.82) is 0 Å². The highest BCUT2D eigenvalue weighted by Gasteiger charge is 2.19. The van der Waals surface area contributed by atoms with Crippen LogP contribution in [0, 0.1) is 0 Å². The molecule has 0 heterocycles. The minimum absolute atomic E-state index is 0.306. The molecule has 2 aromatic rings. The summed E-state index contributed by atoms with van der Waals surface area (Å²) in [5.41, 5.74) is 0.902. The van der Waals surface area contributed by atoms with Gasteiger partial charge in [0.15, 0.2) is 18.5 Å². The zero-order valence-electron chi connectivity index (χ0n) is 10.7. The normalized spacial score (nSPS) is 11.7. The predicted octanol–water partition coefficient (Wildman–Crippen LogP) is 2.15. The number of hydrogen-bond acceptors (Lipinski definition) is 4. The van der Waals surface area contributed by atoms with Gasteiger partial charge in [0.05, 0.1) is 0 Å². The quantitative estimate of drug-likeness (QED) is 0.668. The summed E-state index contributed by atoms with van der Waals surface area (Å²) in [6.07, 6.45) is -1.38. The van der Waals surface area contributed by atoms with Gasteiger partial charge in [-0.2, -0.15) is 0 Å². The molecule has 0 aliphatic heterocycles. The fraction of sp³-hybridized carbons (Fsp3) is 0.125. The first-order chi connectivity index (χ1) is 9.68. The first-order valence-corrected chi connectivity index (χ1v) is 6.16. The van der Waals surface area contributed by atoms with Crippen LogP contribution in [0.25, 0.3) is 0 Å². The van der Waals surface area contributed by atoms with E-state index in [-0.39, 0.29) is 12.4 Å². The van der Waals surface area contributed by atoms with Gasteiger partial charge in [0.1, 0.15) is 0 Å². The molecule has 0 amide bonds. The Labute approximate surface area is 116 Å². The predicted molar refractivity (Wildman–Crippen MR) is 73.1 cm³/mol. The third-order valence-electron chi connectivity index (χ3n) is 2.78. The number of carbonyl (C=O) groups is 2. The molecule has 4 nitrogen and oxygen atoms in total. The summed E-state index contributed by atoms with van der Waals surface area (Å²) in [6.45, 7) is -0.382. The summed E-state index contributed by atoms with van der Waals surface area (Å²) in [4.78, 5) is 23.4. The van der Waals surface area contributed by atoms with E-state index in [4.69, 9.17) is 4.74 Å². The molecule has 20 heavy (non-hydrogen) atoms. The minimum atomic E-state index is -1.38. The summed E-state index contributed by atoms with van der Waals surface area (Å²) in [6, 6.07) is 17.0. The molecule has 0 fully saturated rings. The van der Waals surface area contributed by atoms with Crippen molar-refractivity contribution < 1.29 is 19.4 Å². The molecule has 102 valence electrons. The Balaban J connectivity index is 1.91. The van der Waals surface area contributed by atoms with Crippen molar-refractivity contribution in [3.8, 4) is 0 Å². The second kappa shape index (κ2) is 6.63. The number of aliphatic hydroxyl groups is 1. The van der Waals surface area contributed by atoms with Crippen LogP contribution in [-0.4, -0.2) is 23.5 Å². The van der Waals surface area contributed by atoms with E-state index in [9.17, 15) is 14.7 Å². The van der Waals surface area contributed by atoms with Crippen molar-refractivity contribution >= 4 is 11.8 Å². The Morgan fingerprint density at radius 3 is 2.10 bits per heavy atom. The number of esters is 1. The number of Topliss-reactive ketones (excluding diaryl/α,β-unsaturated/α-hetero) is 1. The van der Waals surface area contributed by atoms with E-state index in [1.165, 1.54) is 0 Å². The lowest BCUT2D eigenvalue weighted by molar-refractivity contribution is -0.152. The maximum atomic E-state index is 11.7. The first kappa shape index (κ1) is 14.0. The Bertz CT molecular complexity index is 578. The van der Waals surface area contributed by atoms with E-state index in [0.29, 0.717) is 11.1 Å². The van der Waals surface area contributed by atoms with Crippen LogP contribution in [-0.2, 0) is 9.53 Å². The highest BCUT2D eigenvalue weighted by atomic mass is 16.5. The molecule has 2 rings (SSSR count). The van der Waals surface area contributed by atoms with Crippen LogP contribution in [0.1, 0.15) is 22.0 Å². The molecule has 4 heteroatoms. The van der Waals surface area contributed by atoms with E-state index in [2.05, 4.69) is 0 Å². The van der Waals surface area contributed by atoms with Gasteiger partial charge in [-0.25, -0.2) is 4.79 Å². The second-order valence-corrected chi connectivity index (χ2v) is 4.21. The molecule has 0 unspecified atom stereocenters. The molecule has 1 atom stereocenters. The van der Waals surface area contributed by atoms with Crippen LogP contribution in [0.4, 0.5) is 0 Å². The standard InChI is InChI=1S/C16H14O4/c17-14(12-7-3-1-4-8-12)11-20-16(19)15(18)13-9-5-2-6-10-13/h1-10,15,18H,11H2/t15-/m1/s1. The largest absolute Gasteiger partial charge is 0.455 e. The lowest BCUT2D eigenvalue weighted by atomic mass is 10.1. The van der Waals surface area contributed by atoms with Crippen molar-refractivity contribution in [1.82, 2.24) is 0 Å². The molecule has 0 aliphatic carbocycles. The fourth-order valence-corrected chi connectivity index (χ4v) is 1.69. The average Bonchev–Trinajstić information content (AvgIpc) is 2.53. The molecular formula is C16H14O4. The molecule has 1 N–H and O–H groups in total. The third kappa shape index (κ3) is 3.52. The Kier molecular flexibility index (Phi) is 4.63. The molecule has 0 saturated carbocycles. The number of rotatable bonds is 5. The van der Waals surface area contributed by atoms with Gasteiger partial charge in [0, 0.05) is 5.56 Å². The van der Waals surface area contributed by atoms with Crippen molar-refractivity contribution in [3.05, 3.63) is 71.8 Å². The summed E-state index contributed by atoms with van der Waals surface area (Å²) in [5, 5.41) is 9.79. The van der Waals surface area contributed by atoms with Gasteiger partial charge in [-0.1, -0.05) is 60.7 Å². The average molecular weight is 270 g/mol. The van der Waals surface area contributed by atoms with E-state index in [1.807, 2.05) is 0 Å². The second-order valence-electron chi connectivity index (χ2n) is 4.21. The van der Waals surface area contributed by atoms with Crippen LogP contribution < -0.4 is 0 Å². The number of ketones is 1. The SMILES string of the molecule is O=C(COC(=O)[C@H](O)c1ccccc1)c1ccccc1. The molecule has 0 saturated heterocycles. The van der Waals surface area contributed by atoms with Gasteiger partial charge < -0.3 is 9.84 Å². The van der Waals surface area contributed by atoms with E-state index in [0.717, 1.165) is 0 Å². The lowest BCUT2D eigenvalue weighted by Crippen LogP contribution is -2.19. The minimum Gasteiger partial charge on any atom is -0.455 e. The molecule has 0 bridgehead atoms. The maximum Gasteiger partial charge on any atom is 0.340 e. The Morgan fingerprint density at radius 2 is 1.50 bits per heavy atom. The number of ether oxygens (including phenoxy) is 1. The van der Waals surface area contributed by atoms with Crippen molar-refractivity contribution in [2.24, 2.45) is 0 Å². The van der Waals surface area contributed by atoms with Crippen LogP contribution >= 0.6 is 0 Å². The summed E-state index contributed by atoms with van der Waals surface area (Å²) in [5.74, 6) is -1.14. The van der Waals surface area contributed by atoms with Gasteiger partial charge in [-0.15, -0.1) is 0 Å². The van der Waals surface area contributed by atoms with Gasteiger partial charge >= 0.3 is 5.97 Å². The fourth-order valence-electron chi connectivity index (χ4n) is 1.69. The summed E-state index contributed by atoms with van der Waals surface area (Å²) in [7, 11) is 0. The molecule has 2 aromatic carbocycles. The molecular weight excluding hydrogens is 256 g/mol. The molecule has 0 aromatic heterocycles. The van der Waals surface area contributed by atoms with Gasteiger partial charge in [-0.3, -0.25) is 4.79 Å². The number of aliphatic hydroxyl groups excluding tert-OH is 1. The molecule has 0 aliphatic rings. The van der Waals surface area contributed by atoms with Crippen LogP contribution in [0.3, 0.4) is 0 Å². The van der Waals surface area contributed by atoms with Gasteiger partial charge in [-0.05, 0) is 5.56 Å². The van der Waals surface area contributed by atoms with Crippen molar-refractivity contribution in [2.75, 3.05) is 6.61 Å². The van der Waals surface area contributed by atoms with Gasteiger partial charge in [0.2, 0.25) is 0 Å². The topological polar surface area (TPSA) is 63.6 Å². The van der Waals surface area contributed by atoms with Crippen molar-refractivity contribution in [3.63, 3.8) is 0 Å². The highest BCUT2D eigenvalue weighted by molar-refractivity contribution is 5.98. The smallest absolute Gasteiger partial charge is 0.340 e. The zero-order valence-corrected chi connectivity index (χ0v) is 10.7. The Hall–Kier alpha value is -2.46. The number of hydrogen-bond donors (Lipinski definition) is 1. The maximum absolute atomic E-state index is 11.7. The van der Waals surface area contributed by atoms with Crippen LogP contribution in [0.15, 0.2) is 60.7 Å². The van der Waals surface area contributed by atoms with Crippen LogP contribution in [0.2, 0.25) is 0 Å². The summed E-state index contributed by atoms with van der Waals surface area (Å²) < 4.78 is 4.84. The van der Waals surface area contributed by atoms with Gasteiger partial charge in [0.25, 0.3) is 0 Å². The lowest BCUT2D eigenvalue weighted by Gasteiger charge is -2.10. The first-order valence-electron chi connectivity index (χ1n) is 6.16. The van der Waals surface area contributed by atoms with Crippen molar-refractivity contribution in [2.45, 2.75) is 6.10 Å².